The van der Waals surface area contributed by atoms with Gasteiger partial charge in [-0.15, -0.1) is 0 Å². The molecule has 5 heteroatoms. The van der Waals surface area contributed by atoms with Crippen LogP contribution in [-0.2, 0) is 17.1 Å². The molecule has 0 heterocycles. The lowest BCUT2D eigenvalue weighted by Crippen LogP contribution is -2.14. The van der Waals surface area contributed by atoms with E-state index in [-0.39, 0.29) is 16.7 Å². The lowest BCUT2D eigenvalue weighted by Gasteiger charge is -2.18. The van der Waals surface area contributed by atoms with Gasteiger partial charge in [0, 0.05) is 12.3 Å². The Kier molecular flexibility index (Phi) is 4.91. The highest BCUT2D eigenvalue weighted by Gasteiger charge is 2.33. The van der Waals surface area contributed by atoms with Gasteiger partial charge in [0.25, 0.3) is 5.92 Å². The number of alkyl halides is 2. The van der Waals surface area contributed by atoms with E-state index in [0.29, 0.717) is 12.0 Å². The Morgan fingerprint density at radius 3 is 2.53 bits per heavy atom. The third-order valence-electron chi connectivity index (χ3n) is 3.20. The van der Waals surface area contributed by atoms with Crippen molar-refractivity contribution in [1.82, 2.24) is 0 Å². The first kappa shape index (κ1) is 15.9. The zero-order chi connectivity index (χ0) is 14.8. The average Bonchev–Trinajstić information content (AvgIpc) is 2.33. The molecule has 1 aromatic carbocycles. The van der Waals surface area contributed by atoms with E-state index in [1.54, 1.807) is 6.92 Å². The first-order chi connectivity index (χ1) is 8.69. The molecule has 19 heavy (non-hydrogen) atoms. The quantitative estimate of drug-likeness (QED) is 0.877. The van der Waals surface area contributed by atoms with Gasteiger partial charge < -0.3 is 5.11 Å². The van der Waals surface area contributed by atoms with Crippen molar-refractivity contribution >= 4 is 17.4 Å². The van der Waals surface area contributed by atoms with Gasteiger partial charge in [-0.25, -0.2) is 8.78 Å². The Balaban J connectivity index is 3.20. The molecule has 1 atom stereocenters. The summed E-state index contributed by atoms with van der Waals surface area (Å²) in [4.78, 5) is 11.2. The summed E-state index contributed by atoms with van der Waals surface area (Å²) in [6.45, 7) is 4.51. The van der Waals surface area contributed by atoms with E-state index in [0.717, 1.165) is 0 Å². The number of carbonyl (C=O) groups excluding carboxylic acids is 1. The van der Waals surface area contributed by atoms with Crippen molar-refractivity contribution in [3.63, 3.8) is 0 Å². The molecule has 1 aromatic rings. The van der Waals surface area contributed by atoms with Crippen LogP contribution in [0.3, 0.4) is 0 Å². The third-order valence-corrected chi connectivity index (χ3v) is 3.49. The number of ketones is 1. The minimum absolute atomic E-state index is 0.0204. The van der Waals surface area contributed by atoms with E-state index in [2.05, 4.69) is 0 Å². The number of phenolic OH excluding ortho intramolecular Hbond substituents is 1. The summed E-state index contributed by atoms with van der Waals surface area (Å²) in [6, 6.07) is 2.65. The smallest absolute Gasteiger partial charge is 0.276 e. The number of hydrogen-bond acceptors (Lipinski definition) is 2. The molecule has 106 valence electrons. The highest BCUT2D eigenvalue weighted by atomic mass is 35.5. The second-order valence-corrected chi connectivity index (χ2v) is 5.15. The molecular weight excluding hydrogens is 274 g/mol. The number of halogens is 3. The molecule has 0 radical (unpaired) electrons. The molecule has 0 bridgehead atoms. The number of rotatable bonds is 5. The largest absolute Gasteiger partial charge is 0.506 e. The minimum Gasteiger partial charge on any atom is -0.506 e. The van der Waals surface area contributed by atoms with E-state index in [9.17, 15) is 18.7 Å². The first-order valence-corrected chi connectivity index (χ1v) is 6.47. The lowest BCUT2D eigenvalue weighted by molar-refractivity contribution is -0.120. The molecule has 1 N–H and O–H groups in total. The summed E-state index contributed by atoms with van der Waals surface area (Å²) in [5, 5.41) is 9.54. The topological polar surface area (TPSA) is 37.3 Å². The standard InChI is InChI=1S/C14H17ClF2O2/c1-4-14(16,17)11-6-10(5-8(2)9(3)18)7-12(15)13(11)19/h6-8,19H,4-5H2,1-3H3/t8-/m1/s1. The molecular formula is C14H17ClF2O2. The van der Waals surface area contributed by atoms with Crippen molar-refractivity contribution in [2.45, 2.75) is 39.5 Å². The molecule has 0 saturated heterocycles. The maximum Gasteiger partial charge on any atom is 0.276 e. The Bertz CT molecular complexity index is 487. The predicted octanol–water partition coefficient (Wildman–Crippen LogP) is 4.32. The second kappa shape index (κ2) is 5.87. The van der Waals surface area contributed by atoms with Crippen molar-refractivity contribution in [1.29, 1.82) is 0 Å². The van der Waals surface area contributed by atoms with Crippen molar-refractivity contribution in [3.8, 4) is 5.75 Å². The zero-order valence-corrected chi connectivity index (χ0v) is 11.9. The number of hydrogen-bond donors (Lipinski definition) is 1. The zero-order valence-electron chi connectivity index (χ0n) is 11.1. The molecule has 0 aromatic heterocycles. The van der Waals surface area contributed by atoms with E-state index in [4.69, 9.17) is 11.6 Å². The van der Waals surface area contributed by atoms with Gasteiger partial charge in [0.05, 0.1) is 10.6 Å². The van der Waals surface area contributed by atoms with Crippen LogP contribution >= 0.6 is 11.6 Å². The van der Waals surface area contributed by atoms with Gasteiger partial charge in [-0.1, -0.05) is 25.4 Å². The molecule has 0 amide bonds. The Morgan fingerprint density at radius 2 is 2.05 bits per heavy atom. The summed E-state index contributed by atoms with van der Waals surface area (Å²) in [5.74, 6) is -4.02. The number of benzene rings is 1. The Morgan fingerprint density at radius 1 is 1.47 bits per heavy atom. The van der Waals surface area contributed by atoms with Gasteiger partial charge in [0.15, 0.2) is 0 Å². The van der Waals surface area contributed by atoms with Crippen LogP contribution in [0.2, 0.25) is 5.02 Å². The first-order valence-electron chi connectivity index (χ1n) is 6.09. The summed E-state index contributed by atoms with van der Waals surface area (Å²) in [7, 11) is 0. The summed E-state index contributed by atoms with van der Waals surface area (Å²) in [6.07, 6.45) is -0.106. The van der Waals surface area contributed by atoms with Crippen LogP contribution in [0.5, 0.6) is 5.75 Å². The SMILES string of the molecule is CCC(F)(F)c1cc(C[C@@H](C)C(C)=O)cc(Cl)c1O. The van der Waals surface area contributed by atoms with Crippen molar-refractivity contribution < 1.29 is 18.7 Å². The van der Waals surface area contributed by atoms with Crippen LogP contribution in [0.15, 0.2) is 12.1 Å². The normalized spacial score (nSPS) is 13.4. The number of carbonyl (C=O) groups is 1. The van der Waals surface area contributed by atoms with Crippen molar-refractivity contribution in [3.05, 3.63) is 28.3 Å². The molecule has 1 rings (SSSR count). The fraction of sp³-hybridized carbons (Fsp3) is 0.500. The maximum absolute atomic E-state index is 13.7. The monoisotopic (exact) mass is 290 g/mol. The lowest BCUT2D eigenvalue weighted by atomic mass is 9.94. The van der Waals surface area contributed by atoms with E-state index in [1.165, 1.54) is 26.0 Å². The average molecular weight is 291 g/mol. The van der Waals surface area contributed by atoms with E-state index >= 15 is 0 Å². The number of phenols is 1. The summed E-state index contributed by atoms with van der Waals surface area (Å²) < 4.78 is 27.4. The van der Waals surface area contributed by atoms with E-state index in [1.807, 2.05) is 0 Å². The number of Topliss-reactive ketones (excluding diaryl/α,β-unsaturated/α-hetero) is 1. The molecule has 0 aliphatic heterocycles. The van der Waals surface area contributed by atoms with Crippen LogP contribution in [0, 0.1) is 5.92 Å². The second-order valence-electron chi connectivity index (χ2n) is 4.75. The molecule has 0 saturated carbocycles. The van der Waals surface area contributed by atoms with Gasteiger partial charge in [-0.3, -0.25) is 4.79 Å². The Labute approximate surface area is 116 Å². The summed E-state index contributed by atoms with van der Waals surface area (Å²) >= 11 is 5.78. The van der Waals surface area contributed by atoms with E-state index < -0.39 is 23.7 Å². The fourth-order valence-corrected chi connectivity index (χ4v) is 1.98. The minimum atomic E-state index is -3.14. The predicted molar refractivity (Wildman–Crippen MR) is 70.9 cm³/mol. The van der Waals surface area contributed by atoms with Crippen LogP contribution in [-0.4, -0.2) is 10.9 Å². The molecule has 2 nitrogen and oxygen atoms in total. The molecule has 0 unspecified atom stereocenters. The van der Waals surface area contributed by atoms with Crippen LogP contribution in [0.25, 0.3) is 0 Å². The highest BCUT2D eigenvalue weighted by Crippen LogP contribution is 2.41. The van der Waals surface area contributed by atoms with Gasteiger partial charge in [0.2, 0.25) is 0 Å². The van der Waals surface area contributed by atoms with Crippen LogP contribution < -0.4 is 0 Å². The fourth-order valence-electron chi connectivity index (χ4n) is 1.74. The van der Waals surface area contributed by atoms with Gasteiger partial charge >= 0.3 is 0 Å². The molecule has 0 aliphatic carbocycles. The van der Waals surface area contributed by atoms with Crippen LogP contribution in [0.4, 0.5) is 8.78 Å². The van der Waals surface area contributed by atoms with Gasteiger partial charge in [0.1, 0.15) is 11.5 Å². The molecule has 0 aliphatic rings. The van der Waals surface area contributed by atoms with Gasteiger partial charge in [-0.2, -0.15) is 0 Å². The Hall–Kier alpha value is -1.16. The highest BCUT2D eigenvalue weighted by molar-refractivity contribution is 6.32. The molecule has 0 fully saturated rings. The third kappa shape index (κ3) is 3.66. The molecule has 0 spiro atoms. The van der Waals surface area contributed by atoms with Crippen LogP contribution in [0.1, 0.15) is 38.3 Å². The van der Waals surface area contributed by atoms with Gasteiger partial charge in [-0.05, 0) is 31.0 Å². The number of aromatic hydroxyl groups is 1. The van der Waals surface area contributed by atoms with Crippen molar-refractivity contribution in [2.75, 3.05) is 0 Å². The maximum atomic E-state index is 13.7. The summed E-state index contributed by atoms with van der Waals surface area (Å²) in [5.41, 5.74) is 0.0434. The van der Waals surface area contributed by atoms with Crippen molar-refractivity contribution in [2.24, 2.45) is 5.92 Å².